The maximum atomic E-state index is 10.2. The summed E-state index contributed by atoms with van der Waals surface area (Å²) < 4.78 is 26.0. The van der Waals surface area contributed by atoms with E-state index in [1.165, 1.54) is 13.4 Å². The van der Waals surface area contributed by atoms with Gasteiger partial charge in [0.25, 0.3) is 0 Å². The zero-order valence-electron chi connectivity index (χ0n) is 15.9. The van der Waals surface area contributed by atoms with Gasteiger partial charge in [-0.15, -0.1) is 0 Å². The van der Waals surface area contributed by atoms with Crippen LogP contribution in [0.4, 0.5) is 11.5 Å². The summed E-state index contributed by atoms with van der Waals surface area (Å²) in [7, 11) is 3.41. The number of hydrogen-bond donors (Lipinski definition) is 2. The van der Waals surface area contributed by atoms with E-state index in [0.717, 1.165) is 24.2 Å². The van der Waals surface area contributed by atoms with Gasteiger partial charge in [-0.1, -0.05) is 0 Å². The molecule has 3 aliphatic heterocycles. The number of nitrogens with two attached hydrogens (primary N) is 1. The minimum absolute atomic E-state index is 0.121. The molecule has 6 atom stereocenters. The van der Waals surface area contributed by atoms with Crippen LogP contribution in [0.2, 0.25) is 0 Å². The van der Waals surface area contributed by atoms with Gasteiger partial charge in [0.05, 0.1) is 0 Å². The van der Waals surface area contributed by atoms with Crippen molar-refractivity contribution in [3.05, 3.63) is 12.0 Å². The first-order valence-electron chi connectivity index (χ1n) is 9.13. The van der Waals surface area contributed by atoms with E-state index < -0.39 is 39.9 Å². The Labute approximate surface area is 180 Å². The van der Waals surface area contributed by atoms with Crippen molar-refractivity contribution in [2.45, 2.75) is 54.0 Å². The second kappa shape index (κ2) is 7.84. The molecule has 3 N–H and O–H groups in total. The Kier molecular flexibility index (Phi) is 5.91. The molecule has 2 fully saturated rings. The number of halogens is 1. The molecule has 4 heterocycles. The Bertz CT molecular complexity index is 806. The van der Waals surface area contributed by atoms with Gasteiger partial charge in [0.15, 0.2) is 0 Å². The number of ether oxygens (including phenoxy) is 2. The van der Waals surface area contributed by atoms with Gasteiger partial charge in [-0.2, -0.15) is 0 Å². The van der Waals surface area contributed by atoms with Crippen molar-refractivity contribution in [1.82, 2.24) is 9.97 Å². The number of nitrogen functional groups attached to an aromatic ring is 1. The Hall–Kier alpha value is -0.140. The van der Waals surface area contributed by atoms with Crippen LogP contribution in [-0.2, 0) is 36.7 Å². The Morgan fingerprint density at radius 1 is 1.50 bits per heavy atom. The molecule has 1 aromatic rings. The summed E-state index contributed by atoms with van der Waals surface area (Å²) in [6.07, 6.45) is 3.15. The van der Waals surface area contributed by atoms with Gasteiger partial charge in [-0.25, -0.2) is 0 Å². The molecule has 1 aromatic heterocycles. The molecular formula is C16H25IN4O5PS-. The zero-order valence-corrected chi connectivity index (χ0v) is 19.8. The topological polar surface area (TPSA) is 112 Å². The molecule has 0 aromatic carbocycles. The number of aryl methyl sites for hydroxylation is 1. The van der Waals surface area contributed by atoms with E-state index in [1.807, 2.05) is 14.0 Å². The molecule has 0 radical (unpaired) electrons. The summed E-state index contributed by atoms with van der Waals surface area (Å²) in [4.78, 5) is 18.8. The van der Waals surface area contributed by atoms with Crippen LogP contribution in [0, 0.1) is 0 Å². The second-order valence-corrected chi connectivity index (χ2v) is 13.6. The Balaban J connectivity index is 1.58. The predicted molar refractivity (Wildman–Crippen MR) is 103 cm³/mol. The van der Waals surface area contributed by atoms with Crippen LogP contribution in [0.25, 0.3) is 0 Å². The van der Waals surface area contributed by atoms with E-state index in [0.29, 0.717) is 22.8 Å². The molecule has 3 aliphatic rings. The molecule has 158 valence electrons. The molecule has 9 nitrogen and oxygen atoms in total. The molecule has 0 saturated carbocycles. The van der Waals surface area contributed by atoms with Gasteiger partial charge in [0.2, 0.25) is 0 Å². The van der Waals surface area contributed by atoms with Gasteiger partial charge >= 0.3 is 181 Å². The molecule has 0 spiro atoms. The first-order chi connectivity index (χ1) is 13.3. The number of fused-ring (bicyclic) bond motifs is 3. The summed E-state index contributed by atoms with van der Waals surface area (Å²) in [5.74, 6) is 0.519. The predicted octanol–water partition coefficient (Wildman–Crippen LogP) is -1.99. The van der Waals surface area contributed by atoms with E-state index in [4.69, 9.17) is 36.1 Å². The molecule has 28 heavy (non-hydrogen) atoms. The van der Waals surface area contributed by atoms with E-state index in [2.05, 4.69) is 13.1 Å². The molecule has 12 heteroatoms. The second-order valence-electron chi connectivity index (χ2n) is 7.14. The normalized spacial score (nSPS) is 37.1. The summed E-state index contributed by atoms with van der Waals surface area (Å²) in [5.41, 5.74) is 7.42. The third kappa shape index (κ3) is 3.58. The van der Waals surface area contributed by atoms with E-state index in [9.17, 15) is 4.89 Å². The van der Waals surface area contributed by atoms with Crippen molar-refractivity contribution in [3.8, 4) is 0 Å². The molecule has 2 saturated heterocycles. The quantitative estimate of drug-likeness (QED) is 0.188. The molecule has 0 aliphatic carbocycles. The fourth-order valence-electron chi connectivity index (χ4n) is 4.15. The van der Waals surface area contributed by atoms with E-state index in [1.54, 1.807) is 0 Å². The monoisotopic (exact) mass is 543 g/mol. The van der Waals surface area contributed by atoms with Crippen molar-refractivity contribution in [2.24, 2.45) is 0 Å². The van der Waals surface area contributed by atoms with Crippen LogP contribution in [0.1, 0.15) is 25.5 Å². The number of aromatic nitrogens is 2. The van der Waals surface area contributed by atoms with Crippen molar-refractivity contribution in [3.63, 3.8) is 0 Å². The van der Waals surface area contributed by atoms with Gasteiger partial charge in [-0.05, 0) is 0 Å². The zero-order chi connectivity index (χ0) is 20.1. The average molecular weight is 543 g/mol. The molecule has 3 unspecified atom stereocenters. The van der Waals surface area contributed by atoms with Crippen LogP contribution in [0.3, 0.4) is 0 Å². The van der Waals surface area contributed by atoms with Crippen molar-refractivity contribution in [2.75, 3.05) is 29.6 Å². The van der Waals surface area contributed by atoms with Gasteiger partial charge in [-0.3, -0.25) is 0 Å². The van der Waals surface area contributed by atoms with E-state index >= 15 is 0 Å². The Morgan fingerprint density at radius 3 is 3.00 bits per heavy atom. The first-order valence-corrected chi connectivity index (χ1v) is 13.9. The molecule has 4 rings (SSSR count). The van der Waals surface area contributed by atoms with Gasteiger partial charge in [0.1, 0.15) is 0 Å². The summed E-state index contributed by atoms with van der Waals surface area (Å²) in [5, 5.41) is 0. The van der Waals surface area contributed by atoms with Crippen molar-refractivity contribution < 1.29 is 44.9 Å². The van der Waals surface area contributed by atoms with Crippen molar-refractivity contribution in [1.29, 1.82) is 0 Å². The van der Waals surface area contributed by atoms with Crippen LogP contribution in [-0.4, -0.2) is 63.5 Å². The van der Waals surface area contributed by atoms with Gasteiger partial charge < -0.3 is 0 Å². The van der Waals surface area contributed by atoms with Crippen LogP contribution in [0.5, 0.6) is 0 Å². The number of hydrogen-bond acceptors (Lipinski definition) is 9. The summed E-state index contributed by atoms with van der Waals surface area (Å²) in [6.45, 7) is -0.839. The maximum absolute atomic E-state index is 10.2. The van der Waals surface area contributed by atoms with Crippen LogP contribution >= 0.6 is 6.72 Å². The fraction of sp³-hybridized carbons (Fsp3) is 0.750. The Morgan fingerprint density at radius 2 is 2.29 bits per heavy atom. The van der Waals surface area contributed by atoms with Crippen LogP contribution in [0.15, 0.2) is 6.33 Å². The van der Waals surface area contributed by atoms with Crippen LogP contribution < -0.4 is 30.3 Å². The number of anilines is 2. The third-order valence-corrected chi connectivity index (χ3v) is 10.7. The number of rotatable bonds is 5. The third-order valence-electron chi connectivity index (χ3n) is 5.63. The summed E-state index contributed by atoms with van der Waals surface area (Å²) >= 11 is 4.63. The fourth-order valence-corrected chi connectivity index (χ4v) is 8.45. The standard InChI is InChI=1S/C16H25IN4O5PS/c1-4-16-7-24-13(14(16)26-27(22,28)23-3)12(25-16)9-5-6-10-11(21(2)17-9)15(18)20-8-19-10/h8-9,12-14H,4-7H2,1-3H3,(H,22,28)(H2,18,19,20)/q-1/t9?,12-,13+,14+,16?,27?/m0/s1. The van der Waals surface area contributed by atoms with Gasteiger partial charge in [0, 0.05) is 0 Å². The number of alkyl halides is 1. The van der Waals surface area contributed by atoms with E-state index in [-0.39, 0.29) is 12.2 Å². The SMILES string of the molecule is CCC12CO[C@@H]([C@H]1OP(O)(=S)OC)[C@H](C1CCc3ncnc(N)c3N(C)[I-]1)O2. The molecule has 0 amide bonds. The molecular weight excluding hydrogens is 518 g/mol. The minimum atomic E-state index is -3.32. The molecule has 2 bridgehead atoms. The summed E-state index contributed by atoms with van der Waals surface area (Å²) in [6, 6.07) is 0. The van der Waals surface area contributed by atoms with Crippen molar-refractivity contribution >= 4 is 30.0 Å². The average Bonchev–Trinajstić information content (AvgIpc) is 3.09. The first kappa shape index (κ1) is 21.1. The number of nitrogens with zero attached hydrogens (tertiary/aromatic N) is 3.